The van der Waals surface area contributed by atoms with Crippen LogP contribution in [0.1, 0.15) is 23.3 Å². The monoisotopic (exact) mass is 438 g/mol. The van der Waals surface area contributed by atoms with E-state index in [1.54, 1.807) is 17.5 Å². The number of nitrogens with zero attached hydrogens (tertiary/aromatic N) is 3. The van der Waals surface area contributed by atoms with Crippen LogP contribution in [0.15, 0.2) is 65.3 Å². The minimum atomic E-state index is 0.00382. The van der Waals surface area contributed by atoms with Gasteiger partial charge in [0.05, 0.1) is 12.3 Å². The molecule has 1 N–H and O–H groups in total. The van der Waals surface area contributed by atoms with Gasteiger partial charge < -0.3 is 10.2 Å². The van der Waals surface area contributed by atoms with Crippen molar-refractivity contribution in [2.45, 2.75) is 31.0 Å². The van der Waals surface area contributed by atoms with E-state index in [0.29, 0.717) is 17.5 Å². The molecule has 0 bridgehead atoms. The van der Waals surface area contributed by atoms with E-state index >= 15 is 0 Å². The molecule has 3 aromatic rings. The molecule has 0 aliphatic carbocycles. The Morgan fingerprint density at radius 2 is 1.97 bits per heavy atom. The third-order valence-electron chi connectivity index (χ3n) is 5.30. The van der Waals surface area contributed by atoms with Gasteiger partial charge in [0.25, 0.3) is 0 Å². The Kier molecular flexibility index (Phi) is 7.37. The van der Waals surface area contributed by atoms with E-state index in [2.05, 4.69) is 50.5 Å². The second-order valence-electron chi connectivity index (χ2n) is 7.46. The van der Waals surface area contributed by atoms with Crippen molar-refractivity contribution in [2.24, 2.45) is 5.92 Å². The van der Waals surface area contributed by atoms with Crippen LogP contribution in [0.5, 0.6) is 0 Å². The molecule has 0 spiro atoms. The van der Waals surface area contributed by atoms with Crippen molar-refractivity contribution in [3.63, 3.8) is 0 Å². The summed E-state index contributed by atoms with van der Waals surface area (Å²) in [4.78, 5) is 24.6. The molecule has 1 aromatic carbocycles. The van der Waals surface area contributed by atoms with Crippen LogP contribution < -0.4 is 10.2 Å². The maximum atomic E-state index is 12.1. The maximum absolute atomic E-state index is 12.1. The van der Waals surface area contributed by atoms with Gasteiger partial charge in [0.15, 0.2) is 5.16 Å². The van der Waals surface area contributed by atoms with Crippen LogP contribution in [0.25, 0.3) is 0 Å². The predicted molar refractivity (Wildman–Crippen MR) is 124 cm³/mol. The zero-order valence-electron chi connectivity index (χ0n) is 16.9. The van der Waals surface area contributed by atoms with E-state index in [-0.39, 0.29) is 5.91 Å². The summed E-state index contributed by atoms with van der Waals surface area (Å²) in [6.45, 7) is 2.61. The highest BCUT2D eigenvalue weighted by atomic mass is 32.2. The van der Waals surface area contributed by atoms with Crippen molar-refractivity contribution < 1.29 is 4.79 Å². The van der Waals surface area contributed by atoms with E-state index in [0.717, 1.165) is 36.1 Å². The van der Waals surface area contributed by atoms with Crippen LogP contribution in [0, 0.1) is 5.92 Å². The zero-order valence-corrected chi connectivity index (χ0v) is 18.5. The second-order valence-corrected chi connectivity index (χ2v) is 9.44. The number of amides is 1. The van der Waals surface area contributed by atoms with Crippen molar-refractivity contribution in [3.8, 4) is 0 Å². The molecule has 1 saturated heterocycles. The number of benzene rings is 1. The minimum Gasteiger partial charge on any atom is -0.356 e. The third-order valence-corrected chi connectivity index (χ3v) is 7.03. The van der Waals surface area contributed by atoms with Gasteiger partial charge in [0, 0.05) is 24.2 Å². The molecule has 1 fully saturated rings. The molecule has 5 nitrogen and oxygen atoms in total. The summed E-state index contributed by atoms with van der Waals surface area (Å²) in [6, 6.07) is 16.7. The summed E-state index contributed by atoms with van der Waals surface area (Å²) in [6.07, 6.45) is 5.30. The van der Waals surface area contributed by atoms with E-state index in [4.69, 9.17) is 0 Å². The predicted octanol–water partition coefficient (Wildman–Crippen LogP) is 4.41. The molecule has 1 aliphatic rings. The first-order valence-electron chi connectivity index (χ1n) is 10.3. The Hall–Kier alpha value is -2.38. The number of thiophene rings is 1. The Bertz CT molecular complexity index is 925. The number of nitrogens with one attached hydrogen (secondary N) is 1. The molecule has 3 heterocycles. The summed E-state index contributed by atoms with van der Waals surface area (Å²) in [7, 11) is 0. The molecular formula is C23H26N4OS2. The zero-order chi connectivity index (χ0) is 20.6. The van der Waals surface area contributed by atoms with Crippen LogP contribution in [0.3, 0.4) is 0 Å². The number of piperidine rings is 1. The summed E-state index contributed by atoms with van der Waals surface area (Å²) < 4.78 is 0. The molecule has 1 amide bonds. The molecule has 30 heavy (non-hydrogen) atoms. The fraction of sp³-hybridized carbons (Fsp3) is 0.348. The average molecular weight is 439 g/mol. The van der Waals surface area contributed by atoms with Gasteiger partial charge >= 0.3 is 0 Å². The minimum absolute atomic E-state index is 0.00382. The highest BCUT2D eigenvalue weighted by molar-refractivity contribution is 7.99. The van der Waals surface area contributed by atoms with Crippen LogP contribution in [-0.2, 0) is 17.8 Å². The number of thioether (sulfide) groups is 1. The number of anilines is 1. The Labute approximate surface area is 185 Å². The lowest BCUT2D eigenvalue weighted by Crippen LogP contribution is -2.35. The van der Waals surface area contributed by atoms with Gasteiger partial charge in [0.2, 0.25) is 5.91 Å². The highest BCUT2D eigenvalue weighted by Crippen LogP contribution is 2.25. The lowest BCUT2D eigenvalue weighted by atomic mass is 9.90. The number of rotatable bonds is 8. The normalized spacial score (nSPS) is 14.6. The van der Waals surface area contributed by atoms with Gasteiger partial charge in [-0.25, -0.2) is 9.97 Å². The molecule has 156 valence electrons. The summed E-state index contributed by atoms with van der Waals surface area (Å²) in [5.41, 5.74) is 1.43. The molecule has 1 aliphatic heterocycles. The molecule has 0 saturated carbocycles. The van der Waals surface area contributed by atoms with Crippen molar-refractivity contribution in [1.29, 1.82) is 0 Å². The van der Waals surface area contributed by atoms with Gasteiger partial charge in [-0.05, 0) is 48.3 Å². The van der Waals surface area contributed by atoms with Gasteiger partial charge in [-0.15, -0.1) is 11.3 Å². The molecule has 0 unspecified atom stereocenters. The Morgan fingerprint density at radius 3 is 2.73 bits per heavy atom. The third kappa shape index (κ3) is 6.06. The van der Waals surface area contributed by atoms with E-state index in [1.807, 2.05) is 23.6 Å². The van der Waals surface area contributed by atoms with E-state index < -0.39 is 0 Å². The van der Waals surface area contributed by atoms with Crippen molar-refractivity contribution in [1.82, 2.24) is 15.3 Å². The van der Waals surface area contributed by atoms with Gasteiger partial charge in [-0.1, -0.05) is 48.2 Å². The SMILES string of the molecule is O=C(CSc1nccc(N2CCC(Cc3ccccc3)CC2)n1)NCc1cccs1. The summed E-state index contributed by atoms with van der Waals surface area (Å²) in [5, 5.41) is 5.61. The van der Waals surface area contributed by atoms with E-state index in [9.17, 15) is 4.79 Å². The Balaban J connectivity index is 1.24. The standard InChI is InChI=1S/C23H26N4OS2/c28-22(25-16-20-7-4-14-29-20)17-30-23-24-11-8-21(26-23)27-12-9-19(10-13-27)15-18-5-2-1-3-6-18/h1-8,11,14,19H,9-10,12-13,15-17H2,(H,25,28). The van der Waals surface area contributed by atoms with Gasteiger partial charge in [-0.3, -0.25) is 4.79 Å². The number of carbonyl (C=O) groups is 1. The van der Waals surface area contributed by atoms with Crippen LogP contribution in [0.2, 0.25) is 0 Å². The lowest BCUT2D eigenvalue weighted by Gasteiger charge is -2.33. The van der Waals surface area contributed by atoms with Crippen molar-refractivity contribution in [2.75, 3.05) is 23.7 Å². The Morgan fingerprint density at radius 1 is 1.13 bits per heavy atom. The van der Waals surface area contributed by atoms with Gasteiger partial charge in [0.1, 0.15) is 5.82 Å². The number of hydrogen-bond acceptors (Lipinski definition) is 6. The van der Waals surface area contributed by atoms with Crippen LogP contribution >= 0.6 is 23.1 Å². The fourth-order valence-electron chi connectivity index (χ4n) is 3.67. The first-order chi connectivity index (χ1) is 14.8. The smallest absolute Gasteiger partial charge is 0.230 e. The fourth-order valence-corrected chi connectivity index (χ4v) is 4.97. The summed E-state index contributed by atoms with van der Waals surface area (Å²) >= 11 is 3.03. The van der Waals surface area contributed by atoms with Crippen LogP contribution in [-0.4, -0.2) is 34.7 Å². The largest absolute Gasteiger partial charge is 0.356 e. The average Bonchev–Trinajstić information content (AvgIpc) is 3.31. The van der Waals surface area contributed by atoms with Gasteiger partial charge in [-0.2, -0.15) is 0 Å². The number of aromatic nitrogens is 2. The quantitative estimate of drug-likeness (QED) is 0.417. The number of hydrogen-bond donors (Lipinski definition) is 1. The molecule has 0 atom stereocenters. The number of carbonyl (C=O) groups excluding carboxylic acids is 1. The molecule has 4 rings (SSSR count). The molecule has 2 aromatic heterocycles. The first kappa shape index (κ1) is 20.9. The van der Waals surface area contributed by atoms with Crippen molar-refractivity contribution >= 4 is 34.8 Å². The molecule has 7 heteroatoms. The first-order valence-corrected chi connectivity index (χ1v) is 12.2. The maximum Gasteiger partial charge on any atom is 0.230 e. The lowest BCUT2D eigenvalue weighted by molar-refractivity contribution is -0.118. The molecule has 0 radical (unpaired) electrons. The second kappa shape index (κ2) is 10.6. The topological polar surface area (TPSA) is 58.1 Å². The van der Waals surface area contributed by atoms with E-state index in [1.165, 1.54) is 30.2 Å². The highest BCUT2D eigenvalue weighted by Gasteiger charge is 2.21. The van der Waals surface area contributed by atoms with Crippen molar-refractivity contribution in [3.05, 3.63) is 70.5 Å². The van der Waals surface area contributed by atoms with Crippen LogP contribution in [0.4, 0.5) is 5.82 Å². The summed E-state index contributed by atoms with van der Waals surface area (Å²) in [5.74, 6) is 2.02. The molecular weight excluding hydrogens is 412 g/mol.